The fourth-order valence-electron chi connectivity index (χ4n) is 3.12. The summed E-state index contributed by atoms with van der Waals surface area (Å²) in [6.45, 7) is 2.23. The molecule has 7 heteroatoms. The molecule has 0 radical (unpaired) electrons. The Morgan fingerprint density at radius 2 is 2.08 bits per heavy atom. The number of fused-ring (bicyclic) bond motifs is 1. The SMILES string of the molecule is Cn1nc2c(cc1=O)CN(Cc1ccn(-c3cccc(F)c3)n1)CC2. The van der Waals surface area contributed by atoms with Crippen LogP contribution >= 0.6 is 0 Å². The van der Waals surface area contributed by atoms with E-state index in [1.807, 2.05) is 18.3 Å². The van der Waals surface area contributed by atoms with Gasteiger partial charge in [-0.25, -0.2) is 13.8 Å². The highest BCUT2D eigenvalue weighted by molar-refractivity contribution is 5.31. The molecular formula is C18H18FN5O. The van der Waals surface area contributed by atoms with Gasteiger partial charge in [-0.3, -0.25) is 9.69 Å². The van der Waals surface area contributed by atoms with Crippen molar-refractivity contribution in [2.24, 2.45) is 7.05 Å². The van der Waals surface area contributed by atoms with Crippen LogP contribution in [-0.2, 0) is 26.6 Å². The van der Waals surface area contributed by atoms with Crippen molar-refractivity contribution < 1.29 is 4.39 Å². The van der Waals surface area contributed by atoms with E-state index < -0.39 is 0 Å². The average Bonchev–Trinajstić information content (AvgIpc) is 3.05. The molecule has 128 valence electrons. The molecular weight excluding hydrogens is 321 g/mol. The van der Waals surface area contributed by atoms with Crippen LogP contribution in [-0.4, -0.2) is 31.0 Å². The Morgan fingerprint density at radius 1 is 1.20 bits per heavy atom. The molecule has 25 heavy (non-hydrogen) atoms. The van der Waals surface area contributed by atoms with Crippen LogP contribution in [0.3, 0.4) is 0 Å². The number of rotatable bonds is 3. The molecule has 0 saturated heterocycles. The second kappa shape index (κ2) is 6.25. The van der Waals surface area contributed by atoms with Crippen molar-refractivity contribution in [1.82, 2.24) is 24.5 Å². The van der Waals surface area contributed by atoms with Gasteiger partial charge in [-0.1, -0.05) is 6.07 Å². The van der Waals surface area contributed by atoms with Gasteiger partial charge in [0.25, 0.3) is 5.56 Å². The lowest BCUT2D eigenvalue weighted by Crippen LogP contribution is -2.34. The molecule has 1 aliphatic heterocycles. The molecule has 1 aliphatic rings. The maximum Gasteiger partial charge on any atom is 0.266 e. The monoisotopic (exact) mass is 339 g/mol. The number of halogens is 1. The molecule has 3 aromatic rings. The third-order valence-corrected chi connectivity index (χ3v) is 4.42. The van der Waals surface area contributed by atoms with Crippen molar-refractivity contribution in [3.8, 4) is 5.69 Å². The largest absolute Gasteiger partial charge is 0.293 e. The number of benzene rings is 1. The molecule has 0 aliphatic carbocycles. The van der Waals surface area contributed by atoms with Gasteiger partial charge in [0.1, 0.15) is 5.82 Å². The summed E-state index contributed by atoms with van der Waals surface area (Å²) in [5, 5.41) is 8.86. The van der Waals surface area contributed by atoms with Gasteiger partial charge in [-0.2, -0.15) is 10.2 Å². The van der Waals surface area contributed by atoms with E-state index in [1.165, 1.54) is 16.8 Å². The zero-order valence-electron chi connectivity index (χ0n) is 13.9. The van der Waals surface area contributed by atoms with Crippen LogP contribution in [0.25, 0.3) is 5.69 Å². The Bertz CT molecular complexity index is 978. The molecule has 1 aromatic carbocycles. The zero-order valence-corrected chi connectivity index (χ0v) is 13.9. The average molecular weight is 339 g/mol. The fraction of sp³-hybridized carbons (Fsp3) is 0.278. The van der Waals surface area contributed by atoms with E-state index in [0.29, 0.717) is 18.8 Å². The van der Waals surface area contributed by atoms with Gasteiger partial charge < -0.3 is 0 Å². The number of nitrogens with zero attached hydrogens (tertiary/aromatic N) is 5. The number of hydrogen-bond acceptors (Lipinski definition) is 4. The van der Waals surface area contributed by atoms with Gasteiger partial charge in [0, 0.05) is 45.4 Å². The summed E-state index contributed by atoms with van der Waals surface area (Å²) in [4.78, 5) is 14.0. The Kier molecular flexibility index (Phi) is 3.93. The maximum absolute atomic E-state index is 13.4. The summed E-state index contributed by atoms with van der Waals surface area (Å²) in [6.07, 6.45) is 2.65. The van der Waals surface area contributed by atoms with Crippen molar-refractivity contribution in [2.75, 3.05) is 6.54 Å². The third kappa shape index (κ3) is 3.23. The highest BCUT2D eigenvalue weighted by Gasteiger charge is 2.19. The van der Waals surface area contributed by atoms with E-state index in [1.54, 1.807) is 23.9 Å². The number of aryl methyl sites for hydroxylation is 1. The molecule has 0 unspecified atom stereocenters. The topological polar surface area (TPSA) is 56.0 Å². The van der Waals surface area contributed by atoms with Crippen molar-refractivity contribution in [1.29, 1.82) is 0 Å². The van der Waals surface area contributed by atoms with E-state index in [-0.39, 0.29) is 11.4 Å². The molecule has 4 rings (SSSR count). The number of hydrogen-bond donors (Lipinski definition) is 0. The summed E-state index contributed by atoms with van der Waals surface area (Å²) in [5.74, 6) is -0.281. The van der Waals surface area contributed by atoms with E-state index in [2.05, 4.69) is 15.1 Å². The lowest BCUT2D eigenvalue weighted by atomic mass is 10.1. The first-order valence-corrected chi connectivity index (χ1v) is 8.17. The second-order valence-corrected chi connectivity index (χ2v) is 6.27. The van der Waals surface area contributed by atoms with Crippen LogP contribution < -0.4 is 5.56 Å². The predicted molar refractivity (Wildman–Crippen MR) is 90.8 cm³/mol. The van der Waals surface area contributed by atoms with Crippen LogP contribution in [0.1, 0.15) is 17.0 Å². The lowest BCUT2D eigenvalue weighted by Gasteiger charge is -2.27. The molecule has 0 amide bonds. The zero-order chi connectivity index (χ0) is 17.4. The molecule has 0 saturated carbocycles. The molecule has 0 N–H and O–H groups in total. The van der Waals surface area contributed by atoms with Crippen molar-refractivity contribution >= 4 is 0 Å². The highest BCUT2D eigenvalue weighted by atomic mass is 19.1. The Balaban J connectivity index is 1.50. The quantitative estimate of drug-likeness (QED) is 0.728. The predicted octanol–water partition coefficient (Wildman–Crippen LogP) is 1.66. The lowest BCUT2D eigenvalue weighted by molar-refractivity contribution is 0.238. The van der Waals surface area contributed by atoms with Gasteiger partial charge in [0.05, 0.1) is 17.1 Å². The minimum atomic E-state index is -0.281. The molecule has 0 spiro atoms. The normalized spacial score (nSPS) is 14.5. The minimum absolute atomic E-state index is 0.0871. The molecule has 3 heterocycles. The minimum Gasteiger partial charge on any atom is -0.293 e. The van der Waals surface area contributed by atoms with E-state index in [9.17, 15) is 9.18 Å². The Hall–Kier alpha value is -2.80. The van der Waals surface area contributed by atoms with Crippen LogP contribution in [0.4, 0.5) is 4.39 Å². The first-order valence-electron chi connectivity index (χ1n) is 8.17. The van der Waals surface area contributed by atoms with Crippen molar-refractivity contribution in [2.45, 2.75) is 19.5 Å². The van der Waals surface area contributed by atoms with Crippen molar-refractivity contribution in [3.63, 3.8) is 0 Å². The van der Waals surface area contributed by atoms with Gasteiger partial charge in [-0.05, 0) is 29.8 Å². The van der Waals surface area contributed by atoms with Gasteiger partial charge in [-0.15, -0.1) is 0 Å². The molecule has 0 bridgehead atoms. The van der Waals surface area contributed by atoms with Gasteiger partial charge >= 0.3 is 0 Å². The molecule has 6 nitrogen and oxygen atoms in total. The maximum atomic E-state index is 13.4. The second-order valence-electron chi connectivity index (χ2n) is 6.27. The van der Waals surface area contributed by atoms with Crippen LogP contribution in [0, 0.1) is 5.82 Å². The summed E-state index contributed by atoms with van der Waals surface area (Å²) in [6, 6.07) is 9.95. The summed E-state index contributed by atoms with van der Waals surface area (Å²) >= 11 is 0. The van der Waals surface area contributed by atoms with Crippen LogP contribution in [0.15, 0.2) is 47.4 Å². The van der Waals surface area contributed by atoms with E-state index >= 15 is 0 Å². The smallest absolute Gasteiger partial charge is 0.266 e. The summed E-state index contributed by atoms with van der Waals surface area (Å²) in [7, 11) is 1.67. The first kappa shape index (κ1) is 15.7. The first-order chi connectivity index (χ1) is 12.1. The van der Waals surface area contributed by atoms with E-state index in [4.69, 9.17) is 0 Å². The van der Waals surface area contributed by atoms with Crippen LogP contribution in [0.5, 0.6) is 0 Å². The molecule has 2 aromatic heterocycles. The van der Waals surface area contributed by atoms with E-state index in [0.717, 1.165) is 29.9 Å². The third-order valence-electron chi connectivity index (χ3n) is 4.42. The fourth-order valence-corrected chi connectivity index (χ4v) is 3.12. The van der Waals surface area contributed by atoms with Crippen molar-refractivity contribution in [3.05, 3.63) is 75.7 Å². The number of aromatic nitrogens is 4. The highest BCUT2D eigenvalue weighted by Crippen LogP contribution is 2.17. The summed E-state index contributed by atoms with van der Waals surface area (Å²) in [5.41, 5.74) is 3.49. The molecule has 0 fully saturated rings. The Morgan fingerprint density at radius 3 is 2.92 bits per heavy atom. The standard InChI is InChI=1S/C18H18FN5O/c1-22-18(25)9-13-11-23(7-6-17(13)21-22)12-15-5-8-24(20-15)16-4-2-3-14(19)10-16/h2-5,8-10H,6-7,11-12H2,1H3. The van der Waals surface area contributed by atoms with Gasteiger partial charge in [0.15, 0.2) is 0 Å². The van der Waals surface area contributed by atoms with Crippen LogP contribution in [0.2, 0.25) is 0 Å². The molecule has 0 atom stereocenters. The summed E-state index contributed by atoms with van der Waals surface area (Å²) < 4.78 is 16.4. The Labute approximate surface area is 144 Å². The van der Waals surface area contributed by atoms with Gasteiger partial charge in [0.2, 0.25) is 0 Å².